The van der Waals surface area contributed by atoms with Crippen LogP contribution in [-0.4, -0.2) is 79.8 Å². The summed E-state index contributed by atoms with van der Waals surface area (Å²) in [4.78, 5) is 20.9. The molecule has 1 heterocycles. The van der Waals surface area contributed by atoms with Gasteiger partial charge in [-0.1, -0.05) is 0 Å². The van der Waals surface area contributed by atoms with Crippen LogP contribution in [-0.2, 0) is 4.74 Å². The van der Waals surface area contributed by atoms with Crippen molar-refractivity contribution in [3.05, 3.63) is 0 Å². The number of carbonyl (C=O) groups excluding carboxylic acids is 1. The second-order valence-electron chi connectivity index (χ2n) is 7.90. The molecule has 0 unspecified atom stereocenters. The van der Waals surface area contributed by atoms with E-state index in [0.717, 1.165) is 64.2 Å². The number of hydrogen-bond donors (Lipinski definition) is 2. The molecule has 0 radical (unpaired) electrons. The Morgan fingerprint density at radius 1 is 1.16 bits per heavy atom. The molecule has 1 saturated heterocycles. The van der Waals surface area contributed by atoms with Crippen LogP contribution in [0.4, 0.5) is 4.79 Å². The lowest BCUT2D eigenvalue weighted by Crippen LogP contribution is -2.51. The van der Waals surface area contributed by atoms with E-state index in [1.807, 2.05) is 20.8 Å². The predicted octanol–water partition coefficient (Wildman–Crippen LogP) is 1.50. The van der Waals surface area contributed by atoms with Crippen molar-refractivity contribution in [2.45, 2.75) is 46.1 Å². The van der Waals surface area contributed by atoms with Crippen LogP contribution in [0.5, 0.6) is 0 Å². The van der Waals surface area contributed by atoms with E-state index >= 15 is 0 Å². The highest BCUT2D eigenvalue weighted by Crippen LogP contribution is 2.28. The first-order chi connectivity index (χ1) is 11.9. The van der Waals surface area contributed by atoms with Crippen LogP contribution >= 0.6 is 0 Å². The number of amides is 1. The summed E-state index contributed by atoms with van der Waals surface area (Å²) in [6.07, 6.45) is 2.45. The molecule has 0 aromatic rings. The van der Waals surface area contributed by atoms with Crippen LogP contribution in [0.25, 0.3) is 0 Å². The molecule has 0 aromatic carbocycles. The number of ether oxygens (including phenoxy) is 1. The number of hydrogen-bond acceptors (Lipinski definition) is 4. The minimum atomic E-state index is -0.430. The molecule has 25 heavy (non-hydrogen) atoms. The SMILES string of the molecule is CCNC(=NCC1CC1)NCCN1CCN(C(=O)OC(C)(C)C)CC1. The zero-order valence-corrected chi connectivity index (χ0v) is 16.3. The Bertz CT molecular complexity index is 449. The fraction of sp³-hybridized carbons (Fsp3) is 0.889. The van der Waals surface area contributed by atoms with Crippen LogP contribution in [0.15, 0.2) is 4.99 Å². The largest absolute Gasteiger partial charge is 0.444 e. The lowest BCUT2D eigenvalue weighted by molar-refractivity contribution is 0.0147. The first-order valence-corrected chi connectivity index (χ1v) is 9.60. The van der Waals surface area contributed by atoms with Gasteiger partial charge in [0.05, 0.1) is 0 Å². The van der Waals surface area contributed by atoms with E-state index in [1.54, 1.807) is 4.90 Å². The number of nitrogens with one attached hydrogen (secondary N) is 2. The van der Waals surface area contributed by atoms with Gasteiger partial charge in [-0.3, -0.25) is 9.89 Å². The first kappa shape index (κ1) is 19.8. The van der Waals surface area contributed by atoms with Crippen molar-refractivity contribution in [3.63, 3.8) is 0 Å². The van der Waals surface area contributed by atoms with Gasteiger partial charge >= 0.3 is 6.09 Å². The molecule has 1 amide bonds. The fourth-order valence-corrected chi connectivity index (χ4v) is 2.68. The van der Waals surface area contributed by atoms with Gasteiger partial charge in [0.1, 0.15) is 5.60 Å². The number of rotatable bonds is 6. The number of piperazine rings is 1. The van der Waals surface area contributed by atoms with Gasteiger partial charge in [-0.2, -0.15) is 0 Å². The summed E-state index contributed by atoms with van der Waals surface area (Å²) in [6, 6.07) is 0. The van der Waals surface area contributed by atoms with Crippen LogP contribution in [0.1, 0.15) is 40.5 Å². The highest BCUT2D eigenvalue weighted by Gasteiger charge is 2.25. The number of carbonyl (C=O) groups is 1. The van der Waals surface area contributed by atoms with Gasteiger partial charge in [-0.25, -0.2) is 4.79 Å². The molecule has 7 heteroatoms. The fourth-order valence-electron chi connectivity index (χ4n) is 2.68. The Morgan fingerprint density at radius 2 is 1.84 bits per heavy atom. The topological polar surface area (TPSA) is 69.2 Å². The first-order valence-electron chi connectivity index (χ1n) is 9.60. The van der Waals surface area contributed by atoms with Crippen molar-refractivity contribution >= 4 is 12.1 Å². The highest BCUT2D eigenvalue weighted by atomic mass is 16.6. The van der Waals surface area contributed by atoms with E-state index in [-0.39, 0.29) is 6.09 Å². The van der Waals surface area contributed by atoms with Gasteiger partial charge in [0.15, 0.2) is 5.96 Å². The van der Waals surface area contributed by atoms with Crippen molar-refractivity contribution in [2.24, 2.45) is 10.9 Å². The molecule has 7 nitrogen and oxygen atoms in total. The second-order valence-corrected chi connectivity index (χ2v) is 7.90. The van der Waals surface area contributed by atoms with Gasteiger partial charge in [-0.05, 0) is 46.5 Å². The average Bonchev–Trinajstić information content (AvgIpc) is 3.36. The van der Waals surface area contributed by atoms with Gasteiger partial charge in [0, 0.05) is 52.4 Å². The van der Waals surface area contributed by atoms with Crippen LogP contribution < -0.4 is 10.6 Å². The zero-order chi connectivity index (χ0) is 18.3. The molecule has 0 aromatic heterocycles. The minimum absolute atomic E-state index is 0.202. The van der Waals surface area contributed by atoms with E-state index in [0.29, 0.717) is 0 Å². The molecular formula is C18H35N5O2. The molecule has 0 bridgehead atoms. The standard InChI is InChI=1S/C18H35N5O2/c1-5-19-16(21-14-15-6-7-15)20-8-9-22-10-12-23(13-11-22)17(24)25-18(2,3)4/h15H,5-14H2,1-4H3,(H2,19,20,21). The lowest BCUT2D eigenvalue weighted by atomic mass is 10.2. The average molecular weight is 354 g/mol. The molecule has 144 valence electrons. The van der Waals surface area contributed by atoms with Gasteiger partial charge in [-0.15, -0.1) is 0 Å². The van der Waals surface area contributed by atoms with E-state index in [1.165, 1.54) is 12.8 Å². The van der Waals surface area contributed by atoms with Crippen LogP contribution in [0, 0.1) is 5.92 Å². The smallest absolute Gasteiger partial charge is 0.410 e. The summed E-state index contributed by atoms with van der Waals surface area (Å²) in [5.74, 6) is 1.72. The molecule has 0 spiro atoms. The van der Waals surface area contributed by atoms with Gasteiger partial charge < -0.3 is 20.3 Å². The molecule has 1 aliphatic heterocycles. The maximum Gasteiger partial charge on any atom is 0.410 e. The zero-order valence-electron chi connectivity index (χ0n) is 16.3. The highest BCUT2D eigenvalue weighted by molar-refractivity contribution is 5.79. The Morgan fingerprint density at radius 3 is 2.40 bits per heavy atom. The van der Waals surface area contributed by atoms with Gasteiger partial charge in [0.25, 0.3) is 0 Å². The third kappa shape index (κ3) is 7.94. The minimum Gasteiger partial charge on any atom is -0.444 e. The van der Waals surface area contributed by atoms with Crippen molar-refractivity contribution in [3.8, 4) is 0 Å². The summed E-state index contributed by atoms with van der Waals surface area (Å²) in [6.45, 7) is 14.7. The third-order valence-corrected chi connectivity index (χ3v) is 4.29. The number of guanidine groups is 1. The van der Waals surface area contributed by atoms with Crippen LogP contribution in [0.2, 0.25) is 0 Å². The Kier molecular flexibility index (Phi) is 7.35. The van der Waals surface area contributed by atoms with E-state index in [2.05, 4.69) is 27.4 Å². The monoisotopic (exact) mass is 353 g/mol. The van der Waals surface area contributed by atoms with E-state index in [4.69, 9.17) is 4.74 Å². The van der Waals surface area contributed by atoms with Crippen molar-refractivity contribution in [1.82, 2.24) is 20.4 Å². The van der Waals surface area contributed by atoms with Crippen LogP contribution in [0.3, 0.4) is 0 Å². The Hall–Kier alpha value is -1.50. The van der Waals surface area contributed by atoms with E-state index in [9.17, 15) is 4.79 Å². The van der Waals surface area contributed by atoms with E-state index < -0.39 is 5.60 Å². The van der Waals surface area contributed by atoms with Gasteiger partial charge in [0.2, 0.25) is 0 Å². The Labute approximate surface area is 152 Å². The number of aliphatic imine (C=N–C) groups is 1. The molecule has 0 atom stereocenters. The summed E-state index contributed by atoms with van der Waals surface area (Å²) in [7, 11) is 0. The molecule has 2 aliphatic rings. The lowest BCUT2D eigenvalue weighted by Gasteiger charge is -2.35. The Balaban J connectivity index is 1.64. The second kappa shape index (κ2) is 9.27. The molecule has 2 rings (SSSR count). The molecule has 1 saturated carbocycles. The predicted molar refractivity (Wildman–Crippen MR) is 101 cm³/mol. The van der Waals surface area contributed by atoms with Crippen molar-refractivity contribution in [1.29, 1.82) is 0 Å². The molecule has 2 N–H and O–H groups in total. The summed E-state index contributed by atoms with van der Waals surface area (Å²) >= 11 is 0. The summed E-state index contributed by atoms with van der Waals surface area (Å²) in [5, 5.41) is 6.71. The summed E-state index contributed by atoms with van der Waals surface area (Å²) in [5.41, 5.74) is -0.430. The van der Waals surface area contributed by atoms with Crippen molar-refractivity contribution < 1.29 is 9.53 Å². The molecular weight excluding hydrogens is 318 g/mol. The van der Waals surface area contributed by atoms with Crippen molar-refractivity contribution in [2.75, 3.05) is 52.4 Å². The number of nitrogens with zero attached hydrogens (tertiary/aromatic N) is 3. The molecule has 2 fully saturated rings. The molecule has 1 aliphatic carbocycles. The summed E-state index contributed by atoms with van der Waals surface area (Å²) < 4.78 is 5.44. The normalized spacial score (nSPS) is 19.7. The maximum absolute atomic E-state index is 12.1. The maximum atomic E-state index is 12.1. The quantitative estimate of drug-likeness (QED) is 0.559. The third-order valence-electron chi connectivity index (χ3n) is 4.29.